The average Bonchev–Trinajstić information content (AvgIpc) is 2.89. The van der Waals surface area contributed by atoms with Crippen LogP contribution < -0.4 is 4.90 Å². The second-order valence-corrected chi connectivity index (χ2v) is 4.93. The van der Waals surface area contributed by atoms with Crippen molar-refractivity contribution in [2.75, 3.05) is 17.3 Å². The lowest BCUT2D eigenvalue weighted by Crippen LogP contribution is -2.34. The summed E-state index contributed by atoms with van der Waals surface area (Å²) >= 11 is 5.78. The number of nitrogens with zero attached hydrogens (tertiary/aromatic N) is 5. The fourth-order valence-electron chi connectivity index (χ4n) is 1.92. The molecule has 0 atom stereocenters. The summed E-state index contributed by atoms with van der Waals surface area (Å²) in [6.45, 7) is 5.09. The summed E-state index contributed by atoms with van der Waals surface area (Å²) in [5, 5.41) is 12.0. The molecule has 0 saturated heterocycles. The molecule has 5 nitrogen and oxygen atoms in total. The van der Waals surface area contributed by atoms with E-state index in [2.05, 4.69) is 34.3 Å². The molecule has 0 unspecified atom stereocenters. The van der Waals surface area contributed by atoms with Gasteiger partial charge >= 0.3 is 0 Å². The minimum atomic E-state index is 0.316. The van der Waals surface area contributed by atoms with Crippen molar-refractivity contribution in [2.24, 2.45) is 0 Å². The average molecular weight is 280 g/mol. The summed E-state index contributed by atoms with van der Waals surface area (Å²) in [6, 6.07) is 10.2. The Morgan fingerprint density at radius 3 is 2.63 bits per heavy atom. The predicted molar refractivity (Wildman–Crippen MR) is 77.0 cm³/mol. The highest BCUT2D eigenvalue weighted by Crippen LogP contribution is 2.17. The van der Waals surface area contributed by atoms with Crippen LogP contribution >= 0.6 is 11.6 Å². The molecule has 0 bridgehead atoms. The predicted octanol–water partition coefficient (Wildman–Crippen LogP) is 2.51. The summed E-state index contributed by atoms with van der Waals surface area (Å²) in [5.74, 6) is 1.39. The lowest BCUT2D eigenvalue weighted by molar-refractivity contribution is 0.640. The van der Waals surface area contributed by atoms with E-state index in [9.17, 15) is 0 Å². The third kappa shape index (κ3) is 3.23. The zero-order valence-corrected chi connectivity index (χ0v) is 12.0. The van der Waals surface area contributed by atoms with E-state index in [1.807, 2.05) is 30.3 Å². The molecule has 0 radical (unpaired) electrons. The molecule has 1 heterocycles. The highest BCUT2D eigenvalue weighted by Gasteiger charge is 2.18. The number of hydrogen-bond donors (Lipinski definition) is 0. The first-order valence-corrected chi connectivity index (χ1v) is 6.94. The van der Waals surface area contributed by atoms with E-state index in [0.717, 1.165) is 24.6 Å². The molecule has 6 heteroatoms. The van der Waals surface area contributed by atoms with E-state index in [1.54, 1.807) is 4.68 Å². The van der Waals surface area contributed by atoms with E-state index >= 15 is 0 Å². The quantitative estimate of drug-likeness (QED) is 0.762. The number of anilines is 1. The van der Waals surface area contributed by atoms with Gasteiger partial charge in [0.05, 0.1) is 5.69 Å². The Morgan fingerprint density at radius 2 is 2.00 bits per heavy atom. The molecule has 2 rings (SSSR count). The molecule has 0 N–H and O–H groups in total. The van der Waals surface area contributed by atoms with Crippen LogP contribution in [0.3, 0.4) is 0 Å². The van der Waals surface area contributed by atoms with Gasteiger partial charge in [0.2, 0.25) is 0 Å². The number of benzene rings is 1. The first-order chi connectivity index (χ1) is 9.24. The Morgan fingerprint density at radius 1 is 1.26 bits per heavy atom. The molecule has 0 saturated carbocycles. The summed E-state index contributed by atoms with van der Waals surface area (Å²) < 4.78 is 1.76. The van der Waals surface area contributed by atoms with Crippen LogP contribution in [0.2, 0.25) is 0 Å². The maximum atomic E-state index is 5.78. The van der Waals surface area contributed by atoms with Crippen LogP contribution in [-0.4, -0.2) is 38.7 Å². The molecule has 0 fully saturated rings. The largest absolute Gasteiger partial charge is 0.337 e. The normalized spacial score (nSPS) is 10.9. The number of rotatable bonds is 6. The van der Waals surface area contributed by atoms with Crippen LogP contribution in [0.15, 0.2) is 30.3 Å². The monoisotopic (exact) mass is 279 g/mol. The van der Waals surface area contributed by atoms with Gasteiger partial charge in [0, 0.05) is 18.5 Å². The Labute approximate surface area is 118 Å². The van der Waals surface area contributed by atoms with Crippen molar-refractivity contribution >= 4 is 17.5 Å². The second kappa shape index (κ2) is 6.52. The second-order valence-electron chi connectivity index (χ2n) is 4.56. The molecule has 19 heavy (non-hydrogen) atoms. The van der Waals surface area contributed by atoms with E-state index in [0.29, 0.717) is 11.9 Å². The smallest absolute Gasteiger partial charge is 0.250 e. The van der Waals surface area contributed by atoms with Gasteiger partial charge in [-0.1, -0.05) is 23.3 Å². The molecule has 2 aromatic rings. The van der Waals surface area contributed by atoms with Crippen molar-refractivity contribution in [3.63, 3.8) is 0 Å². The highest BCUT2D eigenvalue weighted by molar-refractivity contribution is 6.17. The number of halogens is 1. The Kier molecular flexibility index (Phi) is 4.74. The first kappa shape index (κ1) is 13.8. The van der Waals surface area contributed by atoms with Crippen molar-refractivity contribution < 1.29 is 0 Å². The molecule has 0 amide bonds. The molecular weight excluding hydrogens is 262 g/mol. The zero-order valence-electron chi connectivity index (χ0n) is 11.2. The molecule has 0 aliphatic rings. The molecule has 102 valence electrons. The van der Waals surface area contributed by atoms with Gasteiger partial charge in [-0.25, -0.2) is 0 Å². The Bertz CT molecular complexity index is 497. The van der Waals surface area contributed by atoms with Crippen molar-refractivity contribution in [1.29, 1.82) is 0 Å². The van der Waals surface area contributed by atoms with E-state index in [4.69, 9.17) is 11.6 Å². The molecular formula is C13H18ClN5. The van der Waals surface area contributed by atoms with Gasteiger partial charge in [0.1, 0.15) is 0 Å². The number of para-hydroxylation sites is 1. The number of aromatic nitrogens is 4. The SMILES string of the molecule is CC(C)N(CCCCl)c1nnnn1-c1ccccc1. The van der Waals surface area contributed by atoms with Gasteiger partial charge in [0.15, 0.2) is 0 Å². The summed E-state index contributed by atoms with van der Waals surface area (Å²) in [6.07, 6.45) is 0.904. The van der Waals surface area contributed by atoms with Crippen molar-refractivity contribution in [3.05, 3.63) is 30.3 Å². The zero-order chi connectivity index (χ0) is 13.7. The Hall–Kier alpha value is -1.62. The van der Waals surface area contributed by atoms with Crippen LogP contribution in [0.25, 0.3) is 5.69 Å². The maximum absolute atomic E-state index is 5.78. The minimum absolute atomic E-state index is 0.316. The topological polar surface area (TPSA) is 46.8 Å². The van der Waals surface area contributed by atoms with E-state index in [1.165, 1.54) is 0 Å². The van der Waals surface area contributed by atoms with Gasteiger partial charge in [-0.2, -0.15) is 4.68 Å². The first-order valence-electron chi connectivity index (χ1n) is 6.40. The fourth-order valence-corrected chi connectivity index (χ4v) is 2.04. The van der Waals surface area contributed by atoms with Crippen molar-refractivity contribution in [2.45, 2.75) is 26.3 Å². The van der Waals surface area contributed by atoms with Crippen LogP contribution in [0, 0.1) is 0 Å². The molecule has 0 aliphatic carbocycles. The van der Waals surface area contributed by atoms with E-state index in [-0.39, 0.29) is 0 Å². The third-order valence-corrected chi connectivity index (χ3v) is 3.13. The van der Waals surface area contributed by atoms with Gasteiger partial charge in [-0.15, -0.1) is 11.6 Å². The lowest BCUT2D eigenvalue weighted by Gasteiger charge is -2.26. The summed E-state index contributed by atoms with van der Waals surface area (Å²) in [7, 11) is 0. The third-order valence-electron chi connectivity index (χ3n) is 2.87. The molecule has 1 aromatic carbocycles. The fraction of sp³-hybridized carbons (Fsp3) is 0.462. The minimum Gasteiger partial charge on any atom is -0.337 e. The summed E-state index contributed by atoms with van der Waals surface area (Å²) in [4.78, 5) is 2.16. The van der Waals surface area contributed by atoms with Crippen molar-refractivity contribution in [3.8, 4) is 5.69 Å². The maximum Gasteiger partial charge on any atom is 0.250 e. The highest BCUT2D eigenvalue weighted by atomic mass is 35.5. The van der Waals surface area contributed by atoms with Crippen LogP contribution in [0.1, 0.15) is 20.3 Å². The van der Waals surface area contributed by atoms with Crippen LogP contribution in [0.4, 0.5) is 5.95 Å². The van der Waals surface area contributed by atoms with Gasteiger partial charge < -0.3 is 4.90 Å². The van der Waals surface area contributed by atoms with Gasteiger partial charge in [0.25, 0.3) is 5.95 Å². The van der Waals surface area contributed by atoms with Crippen LogP contribution in [-0.2, 0) is 0 Å². The van der Waals surface area contributed by atoms with E-state index < -0.39 is 0 Å². The number of hydrogen-bond acceptors (Lipinski definition) is 4. The van der Waals surface area contributed by atoms with Gasteiger partial charge in [-0.05, 0) is 42.8 Å². The standard InChI is InChI=1S/C13H18ClN5/c1-11(2)18(10-6-9-14)13-15-16-17-19(13)12-7-4-3-5-8-12/h3-5,7-8,11H,6,9-10H2,1-2H3. The number of alkyl halides is 1. The van der Waals surface area contributed by atoms with Crippen LogP contribution in [0.5, 0.6) is 0 Å². The lowest BCUT2D eigenvalue weighted by atomic mass is 10.3. The Balaban J connectivity index is 2.31. The molecule has 0 aliphatic heterocycles. The number of tetrazole rings is 1. The van der Waals surface area contributed by atoms with Crippen molar-refractivity contribution in [1.82, 2.24) is 20.2 Å². The molecule has 1 aromatic heterocycles. The van der Waals surface area contributed by atoms with Gasteiger partial charge in [-0.3, -0.25) is 0 Å². The summed E-state index contributed by atoms with van der Waals surface area (Å²) in [5.41, 5.74) is 0.957. The molecule has 0 spiro atoms.